The maximum atomic E-state index is 12.7. The van der Waals surface area contributed by atoms with Crippen molar-refractivity contribution in [1.29, 1.82) is 0 Å². The van der Waals surface area contributed by atoms with Crippen molar-refractivity contribution in [3.05, 3.63) is 71.8 Å². The number of carbonyl (C=O) groups is 4. The molecule has 5 N–H and O–H groups in total. The molecule has 1 aliphatic carbocycles. The fraction of sp³-hybridized carbons (Fsp3) is 0.333. The third kappa shape index (κ3) is 7.81. The summed E-state index contributed by atoms with van der Waals surface area (Å²) in [5, 5.41) is 10.1. The van der Waals surface area contributed by atoms with Crippen molar-refractivity contribution in [2.24, 2.45) is 5.73 Å². The van der Waals surface area contributed by atoms with Gasteiger partial charge in [-0.25, -0.2) is 0 Å². The van der Waals surface area contributed by atoms with Crippen LogP contribution in [0.2, 0.25) is 0 Å². The van der Waals surface area contributed by atoms with Gasteiger partial charge in [-0.1, -0.05) is 66.3 Å². The Morgan fingerprint density at radius 1 is 0.971 bits per heavy atom. The van der Waals surface area contributed by atoms with Crippen molar-refractivity contribution in [2.75, 3.05) is 0 Å². The van der Waals surface area contributed by atoms with Crippen LogP contribution in [0.5, 0.6) is 0 Å². The summed E-state index contributed by atoms with van der Waals surface area (Å²) in [4.78, 5) is 49.2. The van der Waals surface area contributed by atoms with Gasteiger partial charge in [0.2, 0.25) is 23.6 Å². The first-order valence-electron chi connectivity index (χ1n) is 11.8. The summed E-state index contributed by atoms with van der Waals surface area (Å²) in [6.07, 6.45) is 8.43. The second kappa shape index (κ2) is 12.5. The summed E-state index contributed by atoms with van der Waals surface area (Å²) in [5.41, 5.74) is 7.30. The summed E-state index contributed by atoms with van der Waals surface area (Å²) in [7, 11) is 0. The number of nitrogens with one attached hydrogen (secondary N) is 3. The van der Waals surface area contributed by atoms with E-state index in [1.54, 1.807) is 6.92 Å². The number of rotatable bonds is 11. The molecular formula is C27H32N4O4. The van der Waals surface area contributed by atoms with Gasteiger partial charge in [0.25, 0.3) is 0 Å². The first-order chi connectivity index (χ1) is 16.8. The molecule has 1 aliphatic rings. The molecule has 3 rings (SSSR count). The fourth-order valence-corrected chi connectivity index (χ4v) is 3.95. The lowest BCUT2D eigenvalue weighted by atomic mass is 10.0. The molecule has 0 radical (unpaired) electrons. The summed E-state index contributed by atoms with van der Waals surface area (Å²) < 4.78 is 0. The zero-order chi connectivity index (χ0) is 25.2. The molecule has 8 nitrogen and oxygen atoms in total. The Labute approximate surface area is 205 Å². The van der Waals surface area contributed by atoms with Crippen molar-refractivity contribution in [2.45, 2.75) is 57.7 Å². The van der Waals surface area contributed by atoms with Gasteiger partial charge in [0, 0.05) is 13.0 Å². The molecule has 4 amide bonds. The highest BCUT2D eigenvalue weighted by atomic mass is 16.2. The second-order valence-electron chi connectivity index (χ2n) is 8.64. The molecule has 2 aromatic carbocycles. The quantitative estimate of drug-likeness (QED) is 0.397. The number of allylic oxidation sites excluding steroid dienone is 4. The third-order valence-electron chi connectivity index (χ3n) is 5.85. The van der Waals surface area contributed by atoms with Gasteiger partial charge < -0.3 is 21.7 Å². The van der Waals surface area contributed by atoms with Crippen molar-refractivity contribution < 1.29 is 19.2 Å². The first-order valence-corrected chi connectivity index (χ1v) is 11.8. The summed E-state index contributed by atoms with van der Waals surface area (Å²) in [6, 6.07) is 11.7. The molecular weight excluding hydrogens is 444 g/mol. The summed E-state index contributed by atoms with van der Waals surface area (Å²) in [6.45, 7) is 1.84. The van der Waals surface area contributed by atoms with Gasteiger partial charge in [-0.2, -0.15) is 0 Å². The van der Waals surface area contributed by atoms with E-state index in [0.29, 0.717) is 13.0 Å². The Balaban J connectivity index is 1.53. The predicted octanol–water partition coefficient (Wildman–Crippen LogP) is 2.38. The Morgan fingerprint density at radius 2 is 1.74 bits per heavy atom. The lowest BCUT2D eigenvalue weighted by molar-refractivity contribution is -0.133. The zero-order valence-corrected chi connectivity index (χ0v) is 19.9. The molecule has 0 saturated carbocycles. The second-order valence-corrected chi connectivity index (χ2v) is 8.64. The van der Waals surface area contributed by atoms with E-state index in [0.717, 1.165) is 34.8 Å². The smallest absolute Gasteiger partial charge is 0.243 e. The average Bonchev–Trinajstić information content (AvgIpc) is 2.85. The Morgan fingerprint density at radius 3 is 2.49 bits per heavy atom. The van der Waals surface area contributed by atoms with Gasteiger partial charge >= 0.3 is 0 Å². The number of fused-ring (bicyclic) bond motifs is 1. The zero-order valence-electron chi connectivity index (χ0n) is 19.9. The maximum Gasteiger partial charge on any atom is 0.243 e. The normalized spacial score (nSPS) is 14.5. The van der Waals surface area contributed by atoms with Crippen molar-refractivity contribution in [1.82, 2.24) is 16.0 Å². The van der Waals surface area contributed by atoms with Crippen LogP contribution < -0.4 is 21.7 Å². The van der Waals surface area contributed by atoms with Crippen LogP contribution in [0.3, 0.4) is 0 Å². The maximum absolute atomic E-state index is 12.7. The molecule has 0 heterocycles. The highest BCUT2D eigenvalue weighted by Crippen LogP contribution is 2.18. The number of nitrogens with two attached hydrogens (primary N) is 1. The molecule has 0 bridgehead atoms. The first kappa shape index (κ1) is 25.7. The molecule has 8 heteroatoms. The highest BCUT2D eigenvalue weighted by Gasteiger charge is 2.26. The Bertz CT molecular complexity index is 1150. The largest absolute Gasteiger partial charge is 0.370 e. The minimum Gasteiger partial charge on any atom is -0.370 e. The molecule has 35 heavy (non-hydrogen) atoms. The Kier molecular flexibility index (Phi) is 9.17. The van der Waals surface area contributed by atoms with Crippen molar-refractivity contribution >= 4 is 34.4 Å². The molecule has 0 aromatic heterocycles. The minimum absolute atomic E-state index is 0.180. The van der Waals surface area contributed by atoms with Gasteiger partial charge in [-0.05, 0) is 42.5 Å². The van der Waals surface area contributed by atoms with E-state index in [4.69, 9.17) is 5.73 Å². The van der Waals surface area contributed by atoms with E-state index in [1.165, 1.54) is 0 Å². The van der Waals surface area contributed by atoms with E-state index in [2.05, 4.69) is 28.1 Å². The number of hydrogen-bond acceptors (Lipinski definition) is 4. The third-order valence-corrected chi connectivity index (χ3v) is 5.85. The monoisotopic (exact) mass is 476 g/mol. The van der Waals surface area contributed by atoms with Gasteiger partial charge in [0.1, 0.15) is 12.1 Å². The molecule has 2 unspecified atom stereocenters. The minimum atomic E-state index is -1.15. The van der Waals surface area contributed by atoms with E-state index < -0.39 is 23.9 Å². The number of primary amides is 1. The van der Waals surface area contributed by atoms with Crippen LogP contribution in [0, 0.1) is 0 Å². The van der Waals surface area contributed by atoms with Gasteiger partial charge in [0.05, 0.1) is 6.42 Å². The Hall–Kier alpha value is -3.94. The van der Waals surface area contributed by atoms with Crippen LogP contribution in [0.4, 0.5) is 0 Å². The summed E-state index contributed by atoms with van der Waals surface area (Å²) >= 11 is 0. The van der Waals surface area contributed by atoms with Crippen molar-refractivity contribution in [3.63, 3.8) is 0 Å². The molecule has 0 fully saturated rings. The topological polar surface area (TPSA) is 130 Å². The predicted molar refractivity (Wildman–Crippen MR) is 135 cm³/mol. The fourth-order valence-electron chi connectivity index (χ4n) is 3.95. The number of carbonyl (C=O) groups excluding carboxylic acids is 4. The van der Waals surface area contributed by atoms with Crippen LogP contribution in [0.1, 0.15) is 44.6 Å². The van der Waals surface area contributed by atoms with Crippen molar-refractivity contribution in [3.8, 4) is 0 Å². The molecule has 0 spiro atoms. The van der Waals surface area contributed by atoms with Crippen LogP contribution in [-0.4, -0.2) is 35.7 Å². The molecule has 2 atom stereocenters. The lowest BCUT2D eigenvalue weighted by Crippen LogP contribution is -2.53. The van der Waals surface area contributed by atoms with Crippen LogP contribution >= 0.6 is 0 Å². The molecule has 184 valence electrons. The average molecular weight is 477 g/mol. The van der Waals surface area contributed by atoms with Gasteiger partial charge in [-0.3, -0.25) is 19.2 Å². The van der Waals surface area contributed by atoms with Crippen LogP contribution in [0.25, 0.3) is 10.8 Å². The number of hydrogen-bond donors (Lipinski definition) is 4. The van der Waals surface area contributed by atoms with Gasteiger partial charge in [-0.15, -0.1) is 0 Å². The number of benzene rings is 2. The lowest BCUT2D eigenvalue weighted by Gasteiger charge is -2.20. The van der Waals surface area contributed by atoms with Crippen LogP contribution in [0.15, 0.2) is 66.3 Å². The standard InChI is InChI=1S/C27H32N4O4/c1-18(26(34)29-17-21-12-7-11-20-10-5-6-13-22(20)21)30-27(35)23(16-24(28)32)31-25(33)15-14-19-8-3-2-4-9-19/h3,5-13,18,23H,2,4,14-17H2,1H3,(H2,28,32)(H,29,34)(H,30,35)(H,31,33). The molecule has 0 aliphatic heterocycles. The highest BCUT2D eigenvalue weighted by molar-refractivity contribution is 5.94. The number of amides is 4. The van der Waals surface area contributed by atoms with E-state index in [-0.39, 0.29) is 24.7 Å². The molecule has 0 saturated heterocycles. The van der Waals surface area contributed by atoms with E-state index in [1.807, 2.05) is 48.5 Å². The van der Waals surface area contributed by atoms with Gasteiger partial charge in [0.15, 0.2) is 0 Å². The van der Waals surface area contributed by atoms with E-state index >= 15 is 0 Å². The summed E-state index contributed by atoms with van der Waals surface area (Å²) in [5.74, 6) is -2.11. The van der Waals surface area contributed by atoms with E-state index in [9.17, 15) is 19.2 Å². The SMILES string of the molecule is CC(NC(=O)C(CC(N)=O)NC(=O)CCC1=CCCC=C1)C(=O)NCc1cccc2ccccc12. The molecule has 2 aromatic rings. The van der Waals surface area contributed by atoms with Crippen LogP contribution in [-0.2, 0) is 25.7 Å².